The van der Waals surface area contributed by atoms with Crippen molar-refractivity contribution in [3.05, 3.63) is 35.4 Å². The van der Waals surface area contributed by atoms with Gasteiger partial charge in [-0.2, -0.15) is 0 Å². The number of hydrogen-bond donors (Lipinski definition) is 1. The summed E-state index contributed by atoms with van der Waals surface area (Å²) >= 11 is 0. The quantitative estimate of drug-likeness (QED) is 0.824. The smallest absolute Gasteiger partial charge is 0.307 e. The van der Waals surface area contributed by atoms with Crippen LogP contribution in [-0.4, -0.2) is 19.5 Å². The molecule has 0 spiro atoms. The molecular formula is C12H13F2NO2. The van der Waals surface area contributed by atoms with Crippen molar-refractivity contribution < 1.29 is 18.3 Å². The van der Waals surface area contributed by atoms with Crippen LogP contribution in [0.15, 0.2) is 24.3 Å². The SMILES string of the molecule is COC(=O)C[C@@H]1N[C@H](C(F)F)c2ccccc21. The third-order valence-corrected chi connectivity index (χ3v) is 2.94. The zero-order chi connectivity index (χ0) is 12.4. The van der Waals surface area contributed by atoms with Gasteiger partial charge in [-0.25, -0.2) is 8.78 Å². The summed E-state index contributed by atoms with van der Waals surface area (Å²) in [6.45, 7) is 0. The molecule has 0 fully saturated rings. The second-order valence-electron chi connectivity index (χ2n) is 3.94. The zero-order valence-electron chi connectivity index (χ0n) is 9.32. The molecule has 1 aliphatic heterocycles. The summed E-state index contributed by atoms with van der Waals surface area (Å²) in [4.78, 5) is 11.2. The zero-order valence-corrected chi connectivity index (χ0v) is 9.32. The van der Waals surface area contributed by atoms with E-state index in [0.29, 0.717) is 5.56 Å². The van der Waals surface area contributed by atoms with Crippen molar-refractivity contribution >= 4 is 5.97 Å². The van der Waals surface area contributed by atoms with Gasteiger partial charge >= 0.3 is 5.97 Å². The molecule has 2 atom stereocenters. The number of ether oxygens (including phenoxy) is 1. The number of esters is 1. The molecule has 1 aromatic rings. The Morgan fingerprint density at radius 2 is 2.06 bits per heavy atom. The van der Waals surface area contributed by atoms with Gasteiger partial charge in [-0.15, -0.1) is 0 Å². The normalized spacial score (nSPS) is 22.6. The van der Waals surface area contributed by atoms with Gasteiger partial charge < -0.3 is 4.74 Å². The van der Waals surface area contributed by atoms with Gasteiger partial charge in [0.25, 0.3) is 6.43 Å². The predicted molar refractivity (Wildman–Crippen MR) is 57.7 cm³/mol. The topological polar surface area (TPSA) is 38.3 Å². The number of carbonyl (C=O) groups is 1. The van der Waals surface area contributed by atoms with E-state index in [4.69, 9.17) is 0 Å². The van der Waals surface area contributed by atoms with Crippen LogP contribution in [0.4, 0.5) is 8.78 Å². The number of nitrogens with one attached hydrogen (secondary N) is 1. The Balaban J connectivity index is 2.25. The van der Waals surface area contributed by atoms with Gasteiger partial charge in [-0.1, -0.05) is 24.3 Å². The van der Waals surface area contributed by atoms with Gasteiger partial charge in [0.2, 0.25) is 0 Å². The molecule has 0 unspecified atom stereocenters. The highest BCUT2D eigenvalue weighted by atomic mass is 19.3. The van der Waals surface area contributed by atoms with E-state index in [1.807, 2.05) is 0 Å². The van der Waals surface area contributed by atoms with Crippen molar-refractivity contribution in [1.82, 2.24) is 5.32 Å². The van der Waals surface area contributed by atoms with Gasteiger partial charge in [0.15, 0.2) is 0 Å². The largest absolute Gasteiger partial charge is 0.469 e. The maximum absolute atomic E-state index is 12.8. The highest BCUT2D eigenvalue weighted by Gasteiger charge is 2.36. The molecule has 1 heterocycles. The Bertz CT molecular complexity index is 423. The predicted octanol–water partition coefficient (Wildman–Crippen LogP) is 2.20. The number of alkyl halides is 2. The molecule has 0 amide bonds. The lowest BCUT2D eigenvalue weighted by atomic mass is 10.0. The van der Waals surface area contributed by atoms with Crippen LogP contribution in [-0.2, 0) is 9.53 Å². The number of methoxy groups -OCH3 is 1. The Hall–Kier alpha value is -1.49. The molecule has 0 bridgehead atoms. The van der Waals surface area contributed by atoms with Crippen LogP contribution in [0.1, 0.15) is 29.6 Å². The summed E-state index contributed by atoms with van der Waals surface area (Å²) in [6.07, 6.45) is -2.42. The molecule has 3 nitrogen and oxygen atoms in total. The van der Waals surface area contributed by atoms with Crippen LogP contribution in [0, 0.1) is 0 Å². The minimum absolute atomic E-state index is 0.0662. The van der Waals surface area contributed by atoms with E-state index >= 15 is 0 Å². The average Bonchev–Trinajstić information content (AvgIpc) is 2.68. The maximum atomic E-state index is 12.8. The number of rotatable bonds is 3. The summed E-state index contributed by atoms with van der Waals surface area (Å²) in [5.41, 5.74) is 1.32. The van der Waals surface area contributed by atoms with E-state index in [-0.39, 0.29) is 6.42 Å². The first-order chi connectivity index (χ1) is 8.13. The Labute approximate surface area is 97.8 Å². The van der Waals surface area contributed by atoms with Gasteiger partial charge in [0.05, 0.1) is 19.6 Å². The molecule has 1 aromatic carbocycles. The minimum atomic E-state index is -2.49. The first kappa shape index (κ1) is 12.0. The van der Waals surface area contributed by atoms with E-state index < -0.39 is 24.5 Å². The number of benzene rings is 1. The molecule has 1 N–H and O–H groups in total. The maximum Gasteiger partial charge on any atom is 0.307 e. The molecule has 0 saturated heterocycles. The Morgan fingerprint density at radius 3 is 2.65 bits per heavy atom. The molecule has 2 rings (SSSR count). The molecular weight excluding hydrogens is 228 g/mol. The van der Waals surface area contributed by atoms with E-state index in [1.54, 1.807) is 24.3 Å². The molecule has 92 valence electrons. The highest BCUT2D eigenvalue weighted by molar-refractivity contribution is 5.70. The summed E-state index contributed by atoms with van der Waals surface area (Å²) in [5, 5.41) is 2.77. The van der Waals surface area contributed by atoms with Crippen molar-refractivity contribution in [3.8, 4) is 0 Å². The summed E-state index contributed by atoms with van der Waals surface area (Å²) in [5.74, 6) is -0.410. The van der Waals surface area contributed by atoms with Gasteiger partial charge in [-0.05, 0) is 11.1 Å². The summed E-state index contributed by atoms with van der Waals surface area (Å²) in [7, 11) is 1.29. The monoisotopic (exact) mass is 241 g/mol. The van der Waals surface area contributed by atoms with Crippen LogP contribution in [0.5, 0.6) is 0 Å². The molecule has 1 aliphatic rings. The second kappa shape index (κ2) is 4.79. The molecule has 17 heavy (non-hydrogen) atoms. The minimum Gasteiger partial charge on any atom is -0.469 e. The summed E-state index contributed by atoms with van der Waals surface area (Å²) in [6, 6.07) is 5.53. The molecule has 0 radical (unpaired) electrons. The van der Waals surface area contributed by atoms with Crippen molar-refractivity contribution in [2.45, 2.75) is 24.9 Å². The lowest BCUT2D eigenvalue weighted by molar-refractivity contribution is -0.141. The van der Waals surface area contributed by atoms with E-state index in [2.05, 4.69) is 10.1 Å². The van der Waals surface area contributed by atoms with Crippen LogP contribution in [0.3, 0.4) is 0 Å². The van der Waals surface area contributed by atoms with Crippen molar-refractivity contribution in [2.75, 3.05) is 7.11 Å². The van der Waals surface area contributed by atoms with E-state index in [0.717, 1.165) is 5.56 Å². The third kappa shape index (κ3) is 2.29. The van der Waals surface area contributed by atoms with Crippen LogP contribution in [0.25, 0.3) is 0 Å². The van der Waals surface area contributed by atoms with E-state index in [9.17, 15) is 13.6 Å². The lowest BCUT2D eigenvalue weighted by Crippen LogP contribution is -2.25. The average molecular weight is 241 g/mol. The number of halogens is 2. The number of hydrogen-bond acceptors (Lipinski definition) is 3. The molecule has 5 heteroatoms. The fourth-order valence-electron chi connectivity index (χ4n) is 2.14. The van der Waals surface area contributed by atoms with Crippen LogP contribution in [0.2, 0.25) is 0 Å². The lowest BCUT2D eigenvalue weighted by Gasteiger charge is -2.13. The second-order valence-corrected chi connectivity index (χ2v) is 3.94. The van der Waals surface area contributed by atoms with Crippen molar-refractivity contribution in [2.24, 2.45) is 0 Å². The van der Waals surface area contributed by atoms with Crippen LogP contribution < -0.4 is 5.32 Å². The molecule has 0 aromatic heterocycles. The van der Waals surface area contributed by atoms with Crippen molar-refractivity contribution in [1.29, 1.82) is 0 Å². The van der Waals surface area contributed by atoms with Crippen LogP contribution >= 0.6 is 0 Å². The number of carbonyl (C=O) groups excluding carboxylic acids is 1. The van der Waals surface area contributed by atoms with Gasteiger partial charge in [0.1, 0.15) is 0 Å². The standard InChI is InChI=1S/C12H13F2NO2/c1-17-10(16)6-9-7-4-2-3-5-8(7)11(15-9)12(13)14/h2-5,9,11-12,15H,6H2,1H3/t9-,11-/m0/s1. The third-order valence-electron chi connectivity index (χ3n) is 2.94. The fourth-order valence-corrected chi connectivity index (χ4v) is 2.14. The van der Waals surface area contributed by atoms with Gasteiger partial charge in [0, 0.05) is 6.04 Å². The number of fused-ring (bicyclic) bond motifs is 1. The fraction of sp³-hybridized carbons (Fsp3) is 0.417. The molecule has 0 saturated carbocycles. The van der Waals surface area contributed by atoms with Gasteiger partial charge in [-0.3, -0.25) is 10.1 Å². The Kier molecular flexibility index (Phi) is 3.38. The van der Waals surface area contributed by atoms with Crippen molar-refractivity contribution in [3.63, 3.8) is 0 Å². The highest BCUT2D eigenvalue weighted by Crippen LogP contribution is 2.37. The Morgan fingerprint density at radius 1 is 1.41 bits per heavy atom. The molecule has 0 aliphatic carbocycles. The summed E-state index contributed by atoms with van der Waals surface area (Å²) < 4.78 is 30.2. The van der Waals surface area contributed by atoms with E-state index in [1.165, 1.54) is 7.11 Å². The first-order valence-electron chi connectivity index (χ1n) is 5.33. The first-order valence-corrected chi connectivity index (χ1v) is 5.33.